The maximum atomic E-state index is 11.3. The normalized spacial score (nSPS) is 30.3. The molecule has 0 radical (unpaired) electrons. The first kappa shape index (κ1) is 21.0. The number of hydrogen-bond acceptors (Lipinski definition) is 10. The number of aliphatic hydroxyl groups excluding tert-OH is 1. The van der Waals surface area contributed by atoms with Crippen LogP contribution in [0.4, 0.5) is 11.8 Å². The Morgan fingerprint density at radius 1 is 1.18 bits per heavy atom. The van der Waals surface area contributed by atoms with Gasteiger partial charge in [0.2, 0.25) is 5.95 Å². The van der Waals surface area contributed by atoms with Crippen molar-refractivity contribution >= 4 is 33.3 Å². The molecule has 0 saturated heterocycles. The molecule has 4 atom stereocenters. The minimum Gasteiger partial charge on any atom is -0.494 e. The Balaban J connectivity index is 1.44. The van der Waals surface area contributed by atoms with Crippen LogP contribution in [0.2, 0.25) is 0 Å². The summed E-state index contributed by atoms with van der Waals surface area (Å²) in [6.07, 6.45) is 2.30. The third-order valence-electron chi connectivity index (χ3n) is 7.24. The molecule has 0 spiro atoms. The van der Waals surface area contributed by atoms with Crippen molar-refractivity contribution in [1.29, 1.82) is 0 Å². The fraction of sp³-hybridized carbons (Fsp3) is 0.522. The number of thiazole rings is 1. The number of para-hydroxylation sites is 1. The molecule has 0 bridgehead atoms. The monoisotopic (exact) mass is 469 g/mol. The Bertz CT molecular complexity index is 1250. The van der Waals surface area contributed by atoms with Crippen molar-refractivity contribution in [3.05, 3.63) is 23.9 Å². The third-order valence-corrected chi connectivity index (χ3v) is 8.28. The molecule has 0 amide bonds. The fourth-order valence-corrected chi connectivity index (χ4v) is 6.11. The molecule has 33 heavy (non-hydrogen) atoms. The van der Waals surface area contributed by atoms with Crippen molar-refractivity contribution in [3.63, 3.8) is 0 Å². The Kier molecular flexibility index (Phi) is 4.61. The molecule has 4 unspecified atom stereocenters. The summed E-state index contributed by atoms with van der Waals surface area (Å²) >= 11 is 1.48. The number of methoxy groups -OCH3 is 1. The summed E-state index contributed by atoms with van der Waals surface area (Å²) in [5.41, 5.74) is -1.16. The second kappa shape index (κ2) is 7.23. The van der Waals surface area contributed by atoms with E-state index in [1.54, 1.807) is 7.11 Å². The van der Waals surface area contributed by atoms with Gasteiger partial charge in [-0.1, -0.05) is 6.07 Å². The van der Waals surface area contributed by atoms with Crippen molar-refractivity contribution in [1.82, 2.24) is 15.0 Å². The molecular weight excluding hydrogens is 442 g/mol. The van der Waals surface area contributed by atoms with E-state index in [-0.39, 0.29) is 5.92 Å². The molecule has 3 saturated carbocycles. The minimum atomic E-state index is -1.69. The standard InChI is InChI=1S/C23H27N5O4S/c1-11-16(20-26-17-14(32-2)4-3-5-15(17)33-20)19(27-21(25-11)24-10-12-6-7-12)28-22(30)9-8-13-18(29)23(13,22)31/h3-5,12-13,18,29-31H,6-10H2,1-2H3,(H2,24,25,27,28). The molecule has 10 heteroatoms. The molecule has 0 aliphatic heterocycles. The van der Waals surface area contributed by atoms with Crippen LogP contribution < -0.4 is 15.4 Å². The molecule has 2 heterocycles. The Labute approximate surface area is 194 Å². The topological polar surface area (TPSA) is 133 Å². The van der Waals surface area contributed by atoms with Gasteiger partial charge in [-0.3, -0.25) is 0 Å². The number of hydrogen-bond donors (Lipinski definition) is 5. The number of ether oxygens (including phenoxy) is 1. The van der Waals surface area contributed by atoms with Gasteiger partial charge in [-0.25, -0.2) is 9.97 Å². The molecule has 2 aromatic heterocycles. The van der Waals surface area contributed by atoms with E-state index >= 15 is 0 Å². The highest BCUT2D eigenvalue weighted by atomic mass is 32.1. The molecule has 9 nitrogen and oxygen atoms in total. The van der Waals surface area contributed by atoms with E-state index in [9.17, 15) is 15.3 Å². The number of fused-ring (bicyclic) bond motifs is 2. The lowest BCUT2D eigenvalue weighted by atomic mass is 10.0. The van der Waals surface area contributed by atoms with Gasteiger partial charge in [0.05, 0.1) is 29.2 Å². The third kappa shape index (κ3) is 3.19. The maximum Gasteiger partial charge on any atom is 0.224 e. The zero-order valence-electron chi connectivity index (χ0n) is 18.5. The highest BCUT2D eigenvalue weighted by molar-refractivity contribution is 7.21. The first-order valence-corrected chi connectivity index (χ1v) is 12.1. The van der Waals surface area contributed by atoms with Crippen LogP contribution in [0.1, 0.15) is 31.4 Å². The number of aliphatic hydroxyl groups is 3. The van der Waals surface area contributed by atoms with Crippen LogP contribution in [0.5, 0.6) is 5.75 Å². The average molecular weight is 470 g/mol. The molecule has 1 aromatic carbocycles. The van der Waals surface area contributed by atoms with E-state index in [2.05, 4.69) is 20.6 Å². The molecule has 174 valence electrons. The number of anilines is 2. The van der Waals surface area contributed by atoms with E-state index in [0.717, 1.165) is 16.8 Å². The lowest BCUT2D eigenvalue weighted by Gasteiger charge is -2.32. The first-order chi connectivity index (χ1) is 15.8. The van der Waals surface area contributed by atoms with Gasteiger partial charge in [0.15, 0.2) is 5.72 Å². The van der Waals surface area contributed by atoms with Gasteiger partial charge in [-0.05, 0) is 50.7 Å². The van der Waals surface area contributed by atoms with E-state index in [4.69, 9.17) is 9.72 Å². The van der Waals surface area contributed by atoms with Gasteiger partial charge >= 0.3 is 0 Å². The number of nitrogens with one attached hydrogen (secondary N) is 2. The fourth-order valence-electron chi connectivity index (χ4n) is 5.03. The lowest BCUT2D eigenvalue weighted by molar-refractivity contribution is -0.0851. The summed E-state index contributed by atoms with van der Waals surface area (Å²) in [6.45, 7) is 2.68. The van der Waals surface area contributed by atoms with E-state index in [0.29, 0.717) is 52.5 Å². The number of nitrogens with zero attached hydrogens (tertiary/aromatic N) is 3. The van der Waals surface area contributed by atoms with Gasteiger partial charge < -0.3 is 30.7 Å². The van der Waals surface area contributed by atoms with Crippen molar-refractivity contribution in [2.75, 3.05) is 24.3 Å². The smallest absolute Gasteiger partial charge is 0.224 e. The van der Waals surface area contributed by atoms with Gasteiger partial charge in [0, 0.05) is 12.5 Å². The quantitative estimate of drug-likeness (QED) is 0.331. The van der Waals surface area contributed by atoms with Gasteiger partial charge in [0.1, 0.15) is 27.7 Å². The van der Waals surface area contributed by atoms with Crippen LogP contribution in [0, 0.1) is 18.8 Å². The molecule has 3 fully saturated rings. The summed E-state index contributed by atoms with van der Waals surface area (Å²) in [4.78, 5) is 14.2. The van der Waals surface area contributed by atoms with Crippen molar-refractivity contribution in [3.8, 4) is 16.3 Å². The summed E-state index contributed by atoms with van der Waals surface area (Å²) in [6, 6.07) is 5.76. The van der Waals surface area contributed by atoms with E-state index in [1.165, 1.54) is 24.2 Å². The second-order valence-electron chi connectivity index (χ2n) is 9.41. The van der Waals surface area contributed by atoms with Crippen LogP contribution in [-0.2, 0) is 0 Å². The number of aromatic nitrogens is 3. The predicted molar refractivity (Wildman–Crippen MR) is 125 cm³/mol. The van der Waals surface area contributed by atoms with Crippen LogP contribution in [-0.4, -0.2) is 61.4 Å². The van der Waals surface area contributed by atoms with Crippen molar-refractivity contribution < 1.29 is 20.1 Å². The largest absolute Gasteiger partial charge is 0.494 e. The Morgan fingerprint density at radius 3 is 2.70 bits per heavy atom. The highest BCUT2D eigenvalue weighted by Gasteiger charge is 2.78. The van der Waals surface area contributed by atoms with Crippen LogP contribution in [0.15, 0.2) is 18.2 Å². The second-order valence-corrected chi connectivity index (χ2v) is 10.4. The highest BCUT2D eigenvalue weighted by Crippen LogP contribution is 2.61. The average Bonchev–Trinajstić information content (AvgIpc) is 3.62. The molecule has 3 aromatic rings. The maximum absolute atomic E-state index is 11.3. The zero-order chi connectivity index (χ0) is 23.0. The molecule has 6 rings (SSSR count). The lowest BCUT2D eigenvalue weighted by Crippen LogP contribution is -2.51. The minimum absolute atomic E-state index is 0.312. The summed E-state index contributed by atoms with van der Waals surface area (Å²) in [5, 5.41) is 39.6. The van der Waals surface area contributed by atoms with Gasteiger partial charge in [-0.2, -0.15) is 4.98 Å². The van der Waals surface area contributed by atoms with Crippen LogP contribution in [0.3, 0.4) is 0 Å². The summed E-state index contributed by atoms with van der Waals surface area (Å²) in [5.74, 6) is 1.84. The number of benzene rings is 1. The number of rotatable bonds is 7. The predicted octanol–water partition coefficient (Wildman–Crippen LogP) is 2.51. The molecule has 3 aliphatic carbocycles. The first-order valence-electron chi connectivity index (χ1n) is 11.3. The van der Waals surface area contributed by atoms with Gasteiger partial charge in [0.25, 0.3) is 0 Å². The Morgan fingerprint density at radius 2 is 2.00 bits per heavy atom. The number of aryl methyl sites for hydroxylation is 1. The van der Waals surface area contributed by atoms with Crippen molar-refractivity contribution in [2.24, 2.45) is 11.8 Å². The van der Waals surface area contributed by atoms with E-state index < -0.39 is 17.4 Å². The molecule has 5 N–H and O–H groups in total. The Hall–Kier alpha value is -2.53. The van der Waals surface area contributed by atoms with E-state index in [1.807, 2.05) is 25.1 Å². The van der Waals surface area contributed by atoms with Crippen molar-refractivity contribution in [2.45, 2.75) is 50.0 Å². The SMILES string of the molecule is COc1cccc2sc(-c3c(C)nc(NCC4CC4)nc3NC3(O)CCC4C(O)C43O)nc12. The summed E-state index contributed by atoms with van der Waals surface area (Å²) in [7, 11) is 1.61. The van der Waals surface area contributed by atoms with Crippen LogP contribution >= 0.6 is 11.3 Å². The van der Waals surface area contributed by atoms with Gasteiger partial charge in [-0.15, -0.1) is 11.3 Å². The summed E-state index contributed by atoms with van der Waals surface area (Å²) < 4.78 is 6.43. The zero-order valence-corrected chi connectivity index (χ0v) is 19.3. The molecular formula is C23H27N5O4S. The molecule has 3 aliphatic rings. The van der Waals surface area contributed by atoms with Crippen LogP contribution in [0.25, 0.3) is 20.8 Å².